The van der Waals surface area contributed by atoms with Gasteiger partial charge in [0.1, 0.15) is 0 Å². The van der Waals surface area contributed by atoms with Crippen molar-refractivity contribution in [3.63, 3.8) is 0 Å². The maximum absolute atomic E-state index is 13.9. The highest BCUT2D eigenvalue weighted by molar-refractivity contribution is 6.48. The Morgan fingerprint density at radius 3 is 1.86 bits per heavy atom. The molecule has 1 N–H and O–H groups in total. The van der Waals surface area contributed by atoms with Crippen LogP contribution in [0.4, 0.5) is 13.2 Å². The number of carbonyl (C=O) groups excluding carboxylic acids is 2. The molecule has 0 radical (unpaired) electrons. The van der Waals surface area contributed by atoms with Crippen molar-refractivity contribution in [3.8, 4) is 0 Å². The van der Waals surface area contributed by atoms with Crippen molar-refractivity contribution in [1.29, 1.82) is 0 Å². The molecule has 0 spiro atoms. The van der Waals surface area contributed by atoms with E-state index in [1.807, 2.05) is 0 Å². The number of hydrogen-bond donors (Lipinski definition) is 1. The number of fused-ring (bicyclic) bond motifs is 1. The van der Waals surface area contributed by atoms with Crippen LogP contribution >= 0.6 is 34.8 Å². The average molecular weight is 555 g/mol. The van der Waals surface area contributed by atoms with Gasteiger partial charge in [0, 0.05) is 0 Å². The lowest BCUT2D eigenvalue weighted by Gasteiger charge is -2.28. The van der Waals surface area contributed by atoms with E-state index in [0.717, 1.165) is 23.1 Å². The number of imide groups is 1. The van der Waals surface area contributed by atoms with Gasteiger partial charge in [0.15, 0.2) is 0 Å². The average Bonchev–Trinajstić information content (AvgIpc) is 3.09. The van der Waals surface area contributed by atoms with E-state index in [4.69, 9.17) is 34.8 Å². The van der Waals surface area contributed by atoms with Crippen LogP contribution in [0.3, 0.4) is 0 Å². The Labute approximate surface area is 219 Å². The predicted molar refractivity (Wildman–Crippen MR) is 132 cm³/mol. The van der Waals surface area contributed by atoms with Crippen LogP contribution in [-0.2, 0) is 5.60 Å². The van der Waals surface area contributed by atoms with Gasteiger partial charge in [-0.2, -0.15) is 13.2 Å². The first-order chi connectivity index (χ1) is 16.8. The van der Waals surface area contributed by atoms with E-state index in [-0.39, 0.29) is 15.1 Å². The number of rotatable bonds is 5. The molecule has 4 nitrogen and oxygen atoms in total. The Morgan fingerprint density at radius 2 is 1.39 bits per heavy atom. The smallest absolute Gasteiger partial charge is 0.373 e. The van der Waals surface area contributed by atoms with Crippen molar-refractivity contribution in [3.05, 3.63) is 110 Å². The number of hydrogen-bond acceptors (Lipinski definition) is 3. The lowest BCUT2D eigenvalue weighted by molar-refractivity contribution is -0.244. The summed E-state index contributed by atoms with van der Waals surface area (Å²) in [6, 6.07) is 13.9. The lowest BCUT2D eigenvalue weighted by atomic mass is 9.91. The number of halogens is 6. The fraction of sp³-hybridized carbons (Fsp3) is 0.154. The summed E-state index contributed by atoms with van der Waals surface area (Å²) < 4.78 is 41.7. The molecular formula is C26H17Cl3F3NO3. The zero-order valence-electron chi connectivity index (χ0n) is 18.5. The maximum atomic E-state index is 13.9. The Balaban J connectivity index is 1.60. The van der Waals surface area contributed by atoms with Crippen LogP contribution in [-0.4, -0.2) is 28.0 Å². The van der Waals surface area contributed by atoms with E-state index >= 15 is 0 Å². The molecule has 0 fully saturated rings. The highest BCUT2D eigenvalue weighted by Crippen LogP contribution is 2.44. The largest absolute Gasteiger partial charge is 0.425 e. The minimum atomic E-state index is -5.09. The summed E-state index contributed by atoms with van der Waals surface area (Å²) in [5.74, 6) is -0.829. The van der Waals surface area contributed by atoms with Crippen LogP contribution in [0.1, 0.15) is 50.4 Å². The Hall–Kier alpha value is -2.84. The number of benzene rings is 3. The van der Waals surface area contributed by atoms with E-state index in [1.165, 1.54) is 12.1 Å². The van der Waals surface area contributed by atoms with Crippen molar-refractivity contribution in [2.24, 2.45) is 0 Å². The lowest BCUT2D eigenvalue weighted by Crippen LogP contribution is -2.40. The summed E-state index contributed by atoms with van der Waals surface area (Å²) in [7, 11) is 0. The summed E-state index contributed by atoms with van der Waals surface area (Å²) >= 11 is 17.6. The molecule has 2 unspecified atom stereocenters. The second kappa shape index (κ2) is 9.56. The number of alkyl halides is 3. The van der Waals surface area contributed by atoms with E-state index in [9.17, 15) is 27.9 Å². The second-order valence-electron chi connectivity index (χ2n) is 8.22. The summed E-state index contributed by atoms with van der Waals surface area (Å²) in [5, 5.41) is 10.0. The molecule has 36 heavy (non-hydrogen) atoms. The van der Waals surface area contributed by atoms with Crippen LogP contribution in [0.25, 0.3) is 6.08 Å². The Morgan fingerprint density at radius 1 is 0.889 bits per heavy atom. The van der Waals surface area contributed by atoms with E-state index < -0.39 is 35.2 Å². The molecule has 3 aromatic carbocycles. The normalized spacial score (nSPS) is 16.4. The van der Waals surface area contributed by atoms with Crippen LogP contribution < -0.4 is 0 Å². The second-order valence-corrected chi connectivity index (χ2v) is 9.41. The summed E-state index contributed by atoms with van der Waals surface area (Å²) in [4.78, 5) is 26.6. The Bertz CT molecular complexity index is 1330. The molecule has 2 atom stereocenters. The first kappa shape index (κ1) is 26.2. The van der Waals surface area contributed by atoms with E-state index in [2.05, 4.69) is 0 Å². The van der Waals surface area contributed by atoms with Gasteiger partial charge in [0.25, 0.3) is 11.8 Å². The molecule has 1 aliphatic heterocycles. The highest BCUT2D eigenvalue weighted by Gasteiger charge is 2.53. The monoisotopic (exact) mass is 553 g/mol. The summed E-state index contributed by atoms with van der Waals surface area (Å²) in [6.45, 7) is 1.68. The van der Waals surface area contributed by atoms with Crippen molar-refractivity contribution < 1.29 is 27.9 Å². The molecule has 4 rings (SSSR count). The standard InChI is InChI=1S/C26H17Cl3F3NO3/c1-14(33-23(34)18-4-2-3-5-19(18)24(33)35)16-8-6-15(7-9-16)10-11-25(36,26(30,31)32)17-12-20(27)22(29)21(28)13-17/h2-14,36H,1H3. The van der Waals surface area contributed by atoms with Gasteiger partial charge >= 0.3 is 6.18 Å². The van der Waals surface area contributed by atoms with Gasteiger partial charge in [-0.1, -0.05) is 77.3 Å². The van der Waals surface area contributed by atoms with Gasteiger partial charge in [-0.3, -0.25) is 14.5 Å². The SMILES string of the molecule is CC(c1ccc(C=CC(O)(c2cc(Cl)c(Cl)c(Cl)c2)C(F)(F)F)cc1)N1C(=O)c2ccccc2C1=O. The molecule has 0 saturated heterocycles. The molecule has 0 aromatic heterocycles. The van der Waals surface area contributed by atoms with Gasteiger partial charge in [0.2, 0.25) is 5.60 Å². The molecule has 1 heterocycles. The molecule has 2 amide bonds. The predicted octanol–water partition coefficient (Wildman–Crippen LogP) is 7.47. The van der Waals surface area contributed by atoms with Crippen LogP contribution in [0.2, 0.25) is 15.1 Å². The van der Waals surface area contributed by atoms with Gasteiger partial charge in [-0.25, -0.2) is 0 Å². The molecule has 3 aromatic rings. The summed E-state index contributed by atoms with van der Waals surface area (Å²) in [5.41, 5.74) is -2.41. The third-order valence-corrected chi connectivity index (χ3v) is 7.20. The summed E-state index contributed by atoms with van der Waals surface area (Å²) in [6.07, 6.45) is -3.41. The van der Waals surface area contributed by atoms with E-state index in [0.29, 0.717) is 28.3 Å². The van der Waals surface area contributed by atoms with Gasteiger partial charge in [-0.15, -0.1) is 0 Å². The van der Waals surface area contributed by atoms with Crippen LogP contribution in [0.15, 0.2) is 66.7 Å². The first-order valence-corrected chi connectivity index (χ1v) is 11.7. The van der Waals surface area contributed by atoms with Crippen molar-refractivity contribution >= 4 is 52.7 Å². The number of carbonyl (C=O) groups is 2. The zero-order valence-corrected chi connectivity index (χ0v) is 20.8. The van der Waals surface area contributed by atoms with Crippen LogP contribution in [0.5, 0.6) is 0 Å². The fourth-order valence-corrected chi connectivity index (χ4v) is 4.54. The fourth-order valence-electron chi connectivity index (χ4n) is 3.94. The van der Waals surface area contributed by atoms with E-state index in [1.54, 1.807) is 43.3 Å². The van der Waals surface area contributed by atoms with Crippen molar-refractivity contribution in [2.45, 2.75) is 24.7 Å². The minimum absolute atomic E-state index is 0.127. The van der Waals surface area contributed by atoms with Gasteiger partial charge < -0.3 is 5.11 Å². The molecule has 0 saturated carbocycles. The molecular weight excluding hydrogens is 538 g/mol. The molecule has 186 valence electrons. The number of amides is 2. The molecule has 0 bridgehead atoms. The van der Waals surface area contributed by atoms with Crippen LogP contribution in [0, 0.1) is 0 Å². The minimum Gasteiger partial charge on any atom is -0.373 e. The topological polar surface area (TPSA) is 57.6 Å². The van der Waals surface area contributed by atoms with Gasteiger partial charge in [-0.05, 0) is 54.0 Å². The first-order valence-electron chi connectivity index (χ1n) is 10.6. The van der Waals surface area contributed by atoms with Gasteiger partial charge in [0.05, 0.1) is 32.2 Å². The quantitative estimate of drug-likeness (QED) is 0.263. The highest BCUT2D eigenvalue weighted by atomic mass is 35.5. The number of aliphatic hydroxyl groups is 1. The third-order valence-electron chi connectivity index (χ3n) is 6.00. The zero-order chi connectivity index (χ0) is 26.4. The van der Waals surface area contributed by atoms with Crippen molar-refractivity contribution in [1.82, 2.24) is 4.90 Å². The van der Waals surface area contributed by atoms with Crippen molar-refractivity contribution in [2.75, 3.05) is 0 Å². The molecule has 1 aliphatic rings. The molecule has 0 aliphatic carbocycles. The Kier molecular flexibility index (Phi) is 6.96. The molecule has 10 heteroatoms. The maximum Gasteiger partial charge on any atom is 0.425 e. The third kappa shape index (κ3) is 4.52. The number of nitrogens with zero attached hydrogens (tertiary/aromatic N) is 1.